The Balaban J connectivity index is 0.000000344. The van der Waals surface area contributed by atoms with Gasteiger partial charge in [0.1, 0.15) is 12.1 Å². The first-order chi connectivity index (χ1) is 16.0. The Hall–Kier alpha value is -3.48. The number of carbonyl (C=O) groups excluding carboxylic acids is 1. The number of carbonyl (C=O) groups is 2. The van der Waals surface area contributed by atoms with Gasteiger partial charge in [-0.2, -0.15) is 13.2 Å². The molecule has 3 aromatic heterocycles. The van der Waals surface area contributed by atoms with Crippen LogP contribution in [0.1, 0.15) is 12.8 Å². The minimum Gasteiger partial charge on any atom is -0.475 e. The number of anilines is 2. The molecule has 1 atom stereocenters. The molecule has 34 heavy (non-hydrogen) atoms. The maximum atomic E-state index is 13.1. The number of rotatable bonds is 2. The highest BCUT2D eigenvalue weighted by Crippen LogP contribution is 2.44. The molecule has 0 radical (unpaired) electrons. The van der Waals surface area contributed by atoms with Crippen LogP contribution in [0.4, 0.5) is 24.7 Å². The van der Waals surface area contributed by atoms with Gasteiger partial charge < -0.3 is 19.5 Å². The Labute approximate surface area is 195 Å². The van der Waals surface area contributed by atoms with E-state index in [4.69, 9.17) is 9.90 Å². The quantitative estimate of drug-likeness (QED) is 0.545. The van der Waals surface area contributed by atoms with Crippen LogP contribution in [-0.2, 0) is 16.6 Å². The van der Waals surface area contributed by atoms with Crippen LogP contribution in [0.15, 0.2) is 40.9 Å². The molecule has 180 valence electrons. The number of amides is 1. The van der Waals surface area contributed by atoms with E-state index in [0.29, 0.717) is 13.1 Å². The number of carboxylic acids is 1. The molecule has 2 aliphatic rings. The maximum Gasteiger partial charge on any atom is 0.490 e. The summed E-state index contributed by atoms with van der Waals surface area (Å²) in [4.78, 5) is 46.5. The first kappa shape index (κ1) is 23.7. The number of halogens is 3. The van der Waals surface area contributed by atoms with Crippen molar-refractivity contribution in [3.05, 3.63) is 46.5 Å². The molecule has 1 unspecified atom stereocenters. The predicted molar refractivity (Wildman–Crippen MR) is 119 cm³/mol. The third-order valence-corrected chi connectivity index (χ3v) is 6.78. The van der Waals surface area contributed by atoms with Gasteiger partial charge in [-0.25, -0.2) is 14.8 Å². The Morgan fingerprint density at radius 2 is 1.91 bits per heavy atom. The van der Waals surface area contributed by atoms with E-state index in [1.165, 1.54) is 10.6 Å². The molecule has 1 amide bonds. The Bertz CT molecular complexity index is 1310. The van der Waals surface area contributed by atoms with Gasteiger partial charge in [-0.05, 0) is 30.4 Å². The Morgan fingerprint density at radius 1 is 1.18 bits per heavy atom. The third-order valence-electron chi connectivity index (χ3n) is 5.88. The van der Waals surface area contributed by atoms with Gasteiger partial charge in [0.05, 0.1) is 21.3 Å². The van der Waals surface area contributed by atoms with Gasteiger partial charge in [0.25, 0.3) is 0 Å². The number of β-lactam (4-membered cyclic amide) rings is 1. The summed E-state index contributed by atoms with van der Waals surface area (Å²) in [6, 6.07) is 5.24. The molecule has 0 bridgehead atoms. The minimum atomic E-state index is -5.08. The third kappa shape index (κ3) is 4.34. The SMILES string of the molecule is Cn1cc(N2CC3(CCCN(c4ncnc5ccsc45)C3)C2=O)ccc1=O.O=C(O)C(F)(F)F. The molecule has 0 saturated carbocycles. The molecule has 0 aromatic carbocycles. The van der Waals surface area contributed by atoms with Crippen molar-refractivity contribution in [3.63, 3.8) is 0 Å². The molecular weight excluding hydrogens is 475 g/mol. The number of nitrogens with zero attached hydrogens (tertiary/aromatic N) is 5. The van der Waals surface area contributed by atoms with Crippen molar-refractivity contribution in [2.45, 2.75) is 19.0 Å². The van der Waals surface area contributed by atoms with E-state index >= 15 is 0 Å². The highest BCUT2D eigenvalue weighted by molar-refractivity contribution is 7.17. The Morgan fingerprint density at radius 3 is 2.56 bits per heavy atom. The standard InChI is InChI=1S/C19H19N5O2S.C2HF3O2/c1-22-9-13(3-4-15(22)25)24-11-19(18(24)26)6-2-7-23(10-19)17-16-14(5-8-27-16)20-12-21-17;3-2(4,5)1(6)7/h3-5,8-9,12H,2,6-7,10-11H2,1H3;(H,6,7). The lowest BCUT2D eigenvalue weighted by molar-refractivity contribution is -0.192. The van der Waals surface area contributed by atoms with Crippen LogP contribution in [0.25, 0.3) is 10.2 Å². The predicted octanol–water partition coefficient (Wildman–Crippen LogP) is 2.66. The fourth-order valence-electron chi connectivity index (χ4n) is 4.20. The summed E-state index contributed by atoms with van der Waals surface area (Å²) in [6.45, 7) is 2.26. The number of alkyl halides is 3. The van der Waals surface area contributed by atoms with E-state index in [-0.39, 0.29) is 16.9 Å². The number of pyridine rings is 1. The summed E-state index contributed by atoms with van der Waals surface area (Å²) in [6.07, 6.45) is 0.103. The fourth-order valence-corrected chi connectivity index (χ4v) is 5.06. The molecular formula is C21H20F3N5O4S. The van der Waals surface area contributed by atoms with Gasteiger partial charge in [-0.1, -0.05) is 0 Å². The van der Waals surface area contributed by atoms with Crippen LogP contribution in [0.2, 0.25) is 0 Å². The second-order valence-electron chi connectivity index (χ2n) is 8.17. The number of aromatic nitrogens is 3. The van der Waals surface area contributed by atoms with E-state index in [2.05, 4.69) is 14.9 Å². The first-order valence-corrected chi connectivity index (χ1v) is 11.1. The summed E-state index contributed by atoms with van der Waals surface area (Å²) in [7, 11) is 1.70. The van der Waals surface area contributed by atoms with Crippen LogP contribution >= 0.6 is 11.3 Å². The average molecular weight is 495 g/mol. The lowest BCUT2D eigenvalue weighted by atomic mass is 9.72. The van der Waals surface area contributed by atoms with Crippen LogP contribution in [0, 0.1) is 5.41 Å². The minimum absolute atomic E-state index is 0.0750. The molecule has 13 heteroatoms. The summed E-state index contributed by atoms with van der Waals surface area (Å²) in [5, 5.41) is 9.15. The first-order valence-electron chi connectivity index (χ1n) is 10.2. The Kier molecular flexibility index (Phi) is 6.06. The number of thiophene rings is 1. The van der Waals surface area contributed by atoms with Crippen molar-refractivity contribution >= 4 is 44.9 Å². The maximum absolute atomic E-state index is 13.1. The zero-order valence-electron chi connectivity index (χ0n) is 17.9. The number of piperidine rings is 1. The van der Waals surface area contributed by atoms with Crippen molar-refractivity contribution in [1.82, 2.24) is 14.5 Å². The number of fused-ring (bicyclic) bond motifs is 1. The van der Waals surface area contributed by atoms with E-state index in [9.17, 15) is 22.8 Å². The molecule has 1 spiro atoms. The van der Waals surface area contributed by atoms with E-state index < -0.39 is 12.1 Å². The smallest absolute Gasteiger partial charge is 0.475 e. The summed E-state index contributed by atoms with van der Waals surface area (Å²) in [5.74, 6) is -1.68. The van der Waals surface area contributed by atoms with Crippen LogP contribution in [0.3, 0.4) is 0 Å². The molecule has 2 saturated heterocycles. The zero-order valence-corrected chi connectivity index (χ0v) is 18.8. The molecule has 5 heterocycles. The summed E-state index contributed by atoms with van der Waals surface area (Å²) < 4.78 is 34.3. The van der Waals surface area contributed by atoms with Gasteiger partial charge in [-0.15, -0.1) is 11.3 Å². The highest BCUT2D eigenvalue weighted by Gasteiger charge is 2.54. The van der Waals surface area contributed by atoms with Crippen molar-refractivity contribution in [3.8, 4) is 0 Å². The van der Waals surface area contributed by atoms with E-state index in [1.54, 1.807) is 41.9 Å². The highest BCUT2D eigenvalue weighted by atomic mass is 32.1. The van der Waals surface area contributed by atoms with Crippen molar-refractivity contribution in [1.29, 1.82) is 0 Å². The largest absolute Gasteiger partial charge is 0.490 e. The normalized spacial score (nSPS) is 20.2. The molecule has 3 aromatic rings. The second kappa shape index (κ2) is 8.70. The van der Waals surface area contributed by atoms with Gasteiger partial charge in [0.2, 0.25) is 11.5 Å². The number of hydrogen-bond acceptors (Lipinski definition) is 7. The lowest BCUT2D eigenvalue weighted by Crippen LogP contribution is -2.67. The lowest BCUT2D eigenvalue weighted by Gasteiger charge is -2.53. The van der Waals surface area contributed by atoms with Crippen LogP contribution < -0.4 is 15.4 Å². The summed E-state index contributed by atoms with van der Waals surface area (Å²) in [5.41, 5.74) is 1.31. The van der Waals surface area contributed by atoms with Gasteiger partial charge in [0.15, 0.2) is 0 Å². The van der Waals surface area contributed by atoms with Gasteiger partial charge in [0, 0.05) is 38.9 Å². The van der Waals surface area contributed by atoms with Gasteiger partial charge in [-0.3, -0.25) is 9.59 Å². The monoisotopic (exact) mass is 495 g/mol. The molecule has 2 aliphatic heterocycles. The molecule has 2 fully saturated rings. The molecule has 5 rings (SSSR count). The second-order valence-corrected chi connectivity index (χ2v) is 9.08. The van der Waals surface area contributed by atoms with Crippen molar-refractivity contribution in [2.24, 2.45) is 12.5 Å². The zero-order chi connectivity index (χ0) is 24.7. The number of carboxylic acid groups (broad SMARTS) is 1. The van der Waals surface area contributed by atoms with E-state index in [0.717, 1.165) is 41.1 Å². The number of aliphatic carboxylic acids is 1. The average Bonchev–Trinajstić information content (AvgIpc) is 3.28. The summed E-state index contributed by atoms with van der Waals surface area (Å²) >= 11 is 1.64. The number of aryl methyl sites for hydroxylation is 1. The fraction of sp³-hybridized carbons (Fsp3) is 0.381. The number of hydrogen-bond donors (Lipinski definition) is 1. The topological polar surface area (TPSA) is 109 Å². The van der Waals surface area contributed by atoms with Crippen molar-refractivity contribution in [2.75, 3.05) is 29.4 Å². The van der Waals surface area contributed by atoms with Crippen molar-refractivity contribution < 1.29 is 27.9 Å². The van der Waals surface area contributed by atoms with E-state index in [1.807, 2.05) is 11.4 Å². The van der Waals surface area contributed by atoms with Crippen LogP contribution in [-0.4, -0.2) is 57.3 Å². The molecule has 1 N–H and O–H groups in total. The molecule has 0 aliphatic carbocycles. The molecule has 9 nitrogen and oxygen atoms in total. The van der Waals surface area contributed by atoms with Gasteiger partial charge >= 0.3 is 12.1 Å². The van der Waals surface area contributed by atoms with Crippen LogP contribution in [0.5, 0.6) is 0 Å².